The van der Waals surface area contributed by atoms with E-state index in [0.717, 1.165) is 11.3 Å². The quantitative estimate of drug-likeness (QED) is 0.747. The lowest BCUT2D eigenvalue weighted by Gasteiger charge is -2.03. The second kappa shape index (κ2) is 5.96. The van der Waals surface area contributed by atoms with Crippen LogP contribution in [0.3, 0.4) is 0 Å². The van der Waals surface area contributed by atoms with Gasteiger partial charge in [-0.2, -0.15) is 0 Å². The molecule has 0 spiro atoms. The molecular weight excluding hydrogens is 298 g/mol. The Bertz CT molecular complexity index is 909. The molecule has 0 aliphatic heterocycles. The first kappa shape index (κ1) is 14.8. The van der Waals surface area contributed by atoms with Crippen LogP contribution in [0.1, 0.15) is 12.5 Å². The molecule has 0 aliphatic carbocycles. The van der Waals surface area contributed by atoms with E-state index in [2.05, 4.69) is 10.1 Å². The van der Waals surface area contributed by atoms with Crippen molar-refractivity contribution in [2.45, 2.75) is 13.3 Å². The first-order valence-electron chi connectivity index (χ1n) is 7.13. The zero-order chi connectivity index (χ0) is 16.4. The van der Waals surface area contributed by atoms with Crippen LogP contribution in [0.15, 0.2) is 41.3 Å². The van der Waals surface area contributed by atoms with Crippen LogP contribution in [0.25, 0.3) is 16.9 Å². The van der Waals surface area contributed by atoms with Crippen LogP contribution in [0.2, 0.25) is 0 Å². The monoisotopic (exact) mass is 313 g/mol. The Labute approximate surface area is 131 Å². The molecule has 0 radical (unpaired) electrons. The van der Waals surface area contributed by atoms with Gasteiger partial charge in [-0.3, -0.25) is 14.7 Å². The van der Waals surface area contributed by atoms with E-state index in [0.29, 0.717) is 17.9 Å². The van der Waals surface area contributed by atoms with Crippen LogP contribution < -0.4 is 10.3 Å². The topological polar surface area (TPSA) is 96.7 Å². The van der Waals surface area contributed by atoms with E-state index < -0.39 is 11.5 Å². The predicted molar refractivity (Wildman–Crippen MR) is 83.8 cm³/mol. The van der Waals surface area contributed by atoms with Crippen molar-refractivity contribution in [3.8, 4) is 17.0 Å². The van der Waals surface area contributed by atoms with Gasteiger partial charge in [-0.1, -0.05) is 0 Å². The van der Waals surface area contributed by atoms with Gasteiger partial charge in [0, 0.05) is 17.8 Å². The van der Waals surface area contributed by atoms with Crippen molar-refractivity contribution in [3.63, 3.8) is 0 Å². The van der Waals surface area contributed by atoms with Crippen molar-refractivity contribution in [2.75, 3.05) is 6.61 Å². The minimum atomic E-state index is -1.07. The molecule has 7 nitrogen and oxygen atoms in total. The summed E-state index contributed by atoms with van der Waals surface area (Å²) in [7, 11) is 0. The maximum atomic E-state index is 12.3. The molecule has 2 N–H and O–H groups in total. The number of rotatable bonds is 5. The van der Waals surface area contributed by atoms with E-state index in [1.54, 1.807) is 6.07 Å². The fourth-order valence-corrected chi connectivity index (χ4v) is 2.33. The molecule has 0 saturated heterocycles. The highest BCUT2D eigenvalue weighted by Crippen LogP contribution is 2.21. The van der Waals surface area contributed by atoms with Crippen molar-refractivity contribution >= 4 is 11.6 Å². The molecule has 118 valence electrons. The molecule has 23 heavy (non-hydrogen) atoms. The van der Waals surface area contributed by atoms with Gasteiger partial charge < -0.3 is 9.84 Å². The number of hydrogen-bond acceptors (Lipinski definition) is 4. The number of hydrogen-bond donors (Lipinski definition) is 2. The maximum absolute atomic E-state index is 12.3. The number of benzene rings is 1. The van der Waals surface area contributed by atoms with Crippen LogP contribution in [0.4, 0.5) is 0 Å². The van der Waals surface area contributed by atoms with Crippen LogP contribution in [0, 0.1) is 0 Å². The number of aromatic amines is 1. The molecule has 3 rings (SSSR count). The minimum absolute atomic E-state index is 0.134. The number of carboxylic acid groups (broad SMARTS) is 1. The summed E-state index contributed by atoms with van der Waals surface area (Å²) < 4.78 is 6.65. The van der Waals surface area contributed by atoms with E-state index in [1.807, 2.05) is 31.2 Å². The average molecular weight is 313 g/mol. The highest BCUT2D eigenvalue weighted by atomic mass is 16.5. The van der Waals surface area contributed by atoms with Crippen molar-refractivity contribution in [1.82, 2.24) is 14.6 Å². The van der Waals surface area contributed by atoms with Crippen molar-refractivity contribution in [2.24, 2.45) is 0 Å². The van der Waals surface area contributed by atoms with Crippen LogP contribution >= 0.6 is 0 Å². The number of carboxylic acids is 1. The molecule has 2 heterocycles. The van der Waals surface area contributed by atoms with E-state index in [9.17, 15) is 9.59 Å². The third-order valence-electron chi connectivity index (χ3n) is 3.38. The normalized spacial score (nSPS) is 10.8. The molecule has 0 bridgehead atoms. The van der Waals surface area contributed by atoms with Gasteiger partial charge >= 0.3 is 5.97 Å². The lowest BCUT2D eigenvalue weighted by atomic mass is 10.1. The van der Waals surface area contributed by atoms with Gasteiger partial charge in [-0.15, -0.1) is 0 Å². The molecular formula is C16H15N3O4. The first-order valence-corrected chi connectivity index (χ1v) is 7.13. The number of H-pyrrole nitrogens is 1. The Morgan fingerprint density at radius 2 is 2.09 bits per heavy atom. The molecule has 3 aromatic rings. The smallest absolute Gasteiger partial charge is 0.308 e. The Balaban J connectivity index is 2.01. The Morgan fingerprint density at radius 3 is 2.74 bits per heavy atom. The summed E-state index contributed by atoms with van der Waals surface area (Å²) in [6.07, 6.45) is 0.952. The van der Waals surface area contributed by atoms with Crippen molar-refractivity contribution in [3.05, 3.63) is 52.4 Å². The molecule has 0 fully saturated rings. The summed E-state index contributed by atoms with van der Waals surface area (Å²) in [6, 6.07) is 9.17. The standard InChI is InChI=1S/C16H15N3O4/c1-2-23-12-5-3-10(4-6-12)13-8-14-17-9-11(7-15(20)21)16(22)19(14)18-13/h3-6,8-9,18H,2,7H2,1H3,(H,20,21). The maximum Gasteiger partial charge on any atom is 0.308 e. The van der Waals surface area contributed by atoms with Crippen LogP contribution in [-0.4, -0.2) is 32.3 Å². The highest BCUT2D eigenvalue weighted by Gasteiger charge is 2.11. The Hall–Kier alpha value is -3.09. The van der Waals surface area contributed by atoms with Gasteiger partial charge in [-0.25, -0.2) is 9.50 Å². The number of fused-ring (bicyclic) bond motifs is 1. The zero-order valence-corrected chi connectivity index (χ0v) is 12.4. The molecule has 0 aliphatic rings. The summed E-state index contributed by atoms with van der Waals surface area (Å²) in [4.78, 5) is 27.2. The summed E-state index contributed by atoms with van der Waals surface area (Å²) in [5, 5.41) is 11.8. The fourth-order valence-electron chi connectivity index (χ4n) is 2.33. The molecule has 0 atom stereocenters. The summed E-state index contributed by atoms with van der Waals surface area (Å²) in [5.74, 6) is -0.298. The van der Waals surface area contributed by atoms with E-state index in [-0.39, 0.29) is 12.0 Å². The molecule has 2 aromatic heterocycles. The van der Waals surface area contributed by atoms with Gasteiger partial charge in [0.25, 0.3) is 5.56 Å². The Morgan fingerprint density at radius 1 is 1.35 bits per heavy atom. The third-order valence-corrected chi connectivity index (χ3v) is 3.38. The van der Waals surface area contributed by atoms with E-state index in [1.165, 1.54) is 10.7 Å². The van der Waals surface area contributed by atoms with Gasteiger partial charge in [-0.05, 0) is 36.8 Å². The summed E-state index contributed by atoms with van der Waals surface area (Å²) in [6.45, 7) is 2.51. The SMILES string of the molecule is CCOc1ccc(-c2cc3ncc(CC(=O)O)c(=O)n3[nH]2)cc1. The number of nitrogens with one attached hydrogen (secondary N) is 1. The number of ether oxygens (including phenoxy) is 1. The number of nitrogens with zero attached hydrogens (tertiary/aromatic N) is 2. The van der Waals surface area contributed by atoms with E-state index in [4.69, 9.17) is 9.84 Å². The lowest BCUT2D eigenvalue weighted by molar-refractivity contribution is -0.136. The van der Waals surface area contributed by atoms with Gasteiger partial charge in [0.2, 0.25) is 0 Å². The Kier molecular flexibility index (Phi) is 3.84. The lowest BCUT2D eigenvalue weighted by Crippen LogP contribution is -2.21. The van der Waals surface area contributed by atoms with Gasteiger partial charge in [0.1, 0.15) is 5.75 Å². The van der Waals surface area contributed by atoms with Crippen LogP contribution in [-0.2, 0) is 11.2 Å². The largest absolute Gasteiger partial charge is 0.494 e. The van der Waals surface area contributed by atoms with E-state index >= 15 is 0 Å². The summed E-state index contributed by atoms with van der Waals surface area (Å²) >= 11 is 0. The highest BCUT2D eigenvalue weighted by molar-refractivity contribution is 5.70. The third kappa shape index (κ3) is 2.94. The second-order valence-electron chi connectivity index (χ2n) is 4.98. The molecule has 0 saturated carbocycles. The van der Waals surface area contributed by atoms with Gasteiger partial charge in [0.15, 0.2) is 5.65 Å². The molecule has 0 unspecified atom stereocenters. The zero-order valence-electron chi connectivity index (χ0n) is 12.4. The number of carbonyl (C=O) groups is 1. The molecule has 1 aromatic carbocycles. The van der Waals surface area contributed by atoms with Crippen molar-refractivity contribution < 1.29 is 14.6 Å². The fraction of sp³-hybridized carbons (Fsp3) is 0.188. The number of aliphatic carboxylic acids is 1. The van der Waals surface area contributed by atoms with Crippen molar-refractivity contribution in [1.29, 1.82) is 0 Å². The average Bonchev–Trinajstić information content (AvgIpc) is 2.96. The minimum Gasteiger partial charge on any atom is -0.494 e. The second-order valence-corrected chi connectivity index (χ2v) is 4.98. The van der Waals surface area contributed by atoms with Gasteiger partial charge in [0.05, 0.1) is 18.7 Å². The molecule has 7 heteroatoms. The number of aromatic nitrogens is 3. The predicted octanol–water partition coefficient (Wildman–Crippen LogP) is 1.72. The first-order chi connectivity index (χ1) is 11.1. The van der Waals surface area contributed by atoms with Crippen LogP contribution in [0.5, 0.6) is 5.75 Å². The molecule has 0 amide bonds. The summed E-state index contributed by atoms with van der Waals surface area (Å²) in [5.41, 5.74) is 1.75.